The first-order valence-electron chi connectivity index (χ1n) is 7.50. The Morgan fingerprint density at radius 3 is 2.67 bits per heavy atom. The van der Waals surface area contributed by atoms with E-state index in [1.54, 1.807) is 0 Å². The molecule has 0 unspecified atom stereocenters. The van der Waals surface area contributed by atoms with Gasteiger partial charge in [0.05, 0.1) is 17.1 Å². The van der Waals surface area contributed by atoms with Crippen LogP contribution in [0.5, 0.6) is 0 Å². The smallest absolute Gasteiger partial charge is 0.0605 e. The van der Waals surface area contributed by atoms with Gasteiger partial charge in [0.15, 0.2) is 0 Å². The second-order valence-electron chi connectivity index (χ2n) is 5.40. The summed E-state index contributed by atoms with van der Waals surface area (Å²) in [6.45, 7) is 4.98. The van der Waals surface area contributed by atoms with Gasteiger partial charge in [0.25, 0.3) is 0 Å². The minimum Gasteiger partial charge on any atom is -0.371 e. The summed E-state index contributed by atoms with van der Waals surface area (Å²) < 4.78 is 0. The first-order valence-corrected chi connectivity index (χ1v) is 7.50. The van der Waals surface area contributed by atoms with Gasteiger partial charge in [-0.15, -0.1) is 0 Å². The molecule has 0 amide bonds. The third-order valence-corrected chi connectivity index (χ3v) is 3.93. The zero-order valence-corrected chi connectivity index (χ0v) is 12.5. The summed E-state index contributed by atoms with van der Waals surface area (Å²) in [6.07, 6.45) is 1.84. The van der Waals surface area contributed by atoms with E-state index in [1.807, 2.05) is 18.3 Å². The van der Waals surface area contributed by atoms with Crippen LogP contribution in [-0.2, 0) is 6.54 Å². The van der Waals surface area contributed by atoms with Gasteiger partial charge < -0.3 is 15.1 Å². The molecule has 0 fully saturated rings. The van der Waals surface area contributed by atoms with Crippen molar-refractivity contribution in [1.82, 2.24) is 10.3 Å². The normalized spacial score (nSPS) is 14.1. The fourth-order valence-electron chi connectivity index (χ4n) is 2.73. The monoisotopic (exact) mass is 282 g/mol. The molecule has 0 aliphatic carbocycles. The van der Waals surface area contributed by atoms with Crippen molar-refractivity contribution in [3.8, 4) is 0 Å². The molecule has 4 heteroatoms. The molecular formula is C17H22N4. The molecule has 1 aliphatic heterocycles. The highest BCUT2D eigenvalue weighted by atomic mass is 15.3. The molecule has 2 heterocycles. The number of aromatic nitrogens is 1. The Morgan fingerprint density at radius 2 is 1.86 bits per heavy atom. The minimum absolute atomic E-state index is 0.830. The van der Waals surface area contributed by atoms with Crippen molar-refractivity contribution in [2.45, 2.75) is 6.54 Å². The topological polar surface area (TPSA) is 31.4 Å². The average molecular weight is 282 g/mol. The van der Waals surface area contributed by atoms with E-state index in [1.165, 1.54) is 11.4 Å². The second kappa shape index (κ2) is 6.59. The number of anilines is 2. The molecule has 0 bridgehead atoms. The number of fused-ring (bicyclic) bond motifs is 1. The first kappa shape index (κ1) is 13.9. The molecule has 0 saturated carbocycles. The maximum atomic E-state index is 4.33. The summed E-state index contributed by atoms with van der Waals surface area (Å²) in [4.78, 5) is 9.11. The Balaban J connectivity index is 1.53. The molecule has 1 aromatic heterocycles. The van der Waals surface area contributed by atoms with Gasteiger partial charge in [-0.1, -0.05) is 18.2 Å². The van der Waals surface area contributed by atoms with Gasteiger partial charge in [-0.2, -0.15) is 0 Å². The second-order valence-corrected chi connectivity index (χ2v) is 5.40. The predicted molar refractivity (Wildman–Crippen MR) is 87.9 cm³/mol. The fraction of sp³-hybridized carbons (Fsp3) is 0.353. The quantitative estimate of drug-likeness (QED) is 0.851. The highest BCUT2D eigenvalue weighted by molar-refractivity contribution is 5.73. The zero-order chi connectivity index (χ0) is 14.5. The lowest BCUT2D eigenvalue weighted by atomic mass is 10.2. The van der Waals surface area contributed by atoms with Crippen LogP contribution in [0, 0.1) is 0 Å². The SMILES string of the molecule is CN1CCN(CCNCc2ccccn2)c2ccccc21. The molecule has 4 nitrogen and oxygen atoms in total. The average Bonchev–Trinajstić information content (AvgIpc) is 2.55. The number of benzene rings is 1. The molecule has 2 aromatic rings. The van der Waals surface area contributed by atoms with Crippen LogP contribution in [-0.4, -0.2) is 38.2 Å². The standard InChI is InChI=1S/C17H22N4/c1-20-12-13-21(17-8-3-2-7-16(17)20)11-10-18-14-15-6-4-5-9-19-15/h2-9,18H,10-14H2,1H3. The van der Waals surface area contributed by atoms with Crippen molar-refractivity contribution in [2.24, 2.45) is 0 Å². The molecule has 1 aliphatic rings. The predicted octanol–water partition coefficient (Wildman–Crippen LogP) is 2.13. The number of nitrogens with zero attached hydrogens (tertiary/aromatic N) is 3. The lowest BCUT2D eigenvalue weighted by Gasteiger charge is -2.37. The van der Waals surface area contributed by atoms with Gasteiger partial charge in [0.2, 0.25) is 0 Å². The number of hydrogen-bond donors (Lipinski definition) is 1. The molecule has 1 aromatic carbocycles. The molecule has 0 spiro atoms. The lowest BCUT2D eigenvalue weighted by molar-refractivity contribution is 0.640. The number of para-hydroxylation sites is 2. The molecule has 0 atom stereocenters. The number of pyridine rings is 1. The summed E-state index contributed by atoms with van der Waals surface area (Å²) in [5, 5.41) is 3.47. The van der Waals surface area contributed by atoms with Crippen molar-refractivity contribution in [3.63, 3.8) is 0 Å². The van der Waals surface area contributed by atoms with Gasteiger partial charge in [0.1, 0.15) is 0 Å². The van der Waals surface area contributed by atoms with Crippen LogP contribution in [0.2, 0.25) is 0 Å². The van der Waals surface area contributed by atoms with E-state index < -0.39 is 0 Å². The van der Waals surface area contributed by atoms with Crippen LogP contribution in [0.4, 0.5) is 11.4 Å². The van der Waals surface area contributed by atoms with E-state index in [0.717, 1.165) is 38.4 Å². The molecule has 3 rings (SSSR count). The van der Waals surface area contributed by atoms with E-state index in [0.29, 0.717) is 0 Å². The summed E-state index contributed by atoms with van der Waals surface area (Å²) in [7, 11) is 2.16. The van der Waals surface area contributed by atoms with Crippen LogP contribution in [0.25, 0.3) is 0 Å². The van der Waals surface area contributed by atoms with E-state index in [2.05, 4.69) is 57.5 Å². The first-order chi connectivity index (χ1) is 10.3. The molecule has 0 radical (unpaired) electrons. The Labute approximate surface area is 126 Å². The highest BCUT2D eigenvalue weighted by Gasteiger charge is 2.18. The number of nitrogens with one attached hydrogen (secondary N) is 1. The highest BCUT2D eigenvalue weighted by Crippen LogP contribution is 2.31. The van der Waals surface area contributed by atoms with E-state index in [-0.39, 0.29) is 0 Å². The third-order valence-electron chi connectivity index (χ3n) is 3.93. The minimum atomic E-state index is 0.830. The molecule has 110 valence electrons. The molecule has 0 saturated heterocycles. The Hall–Kier alpha value is -2.07. The summed E-state index contributed by atoms with van der Waals surface area (Å²) in [5.74, 6) is 0. The van der Waals surface area contributed by atoms with E-state index in [4.69, 9.17) is 0 Å². The van der Waals surface area contributed by atoms with Gasteiger partial charge in [-0.05, 0) is 24.3 Å². The molecular weight excluding hydrogens is 260 g/mol. The third kappa shape index (κ3) is 3.34. The van der Waals surface area contributed by atoms with Gasteiger partial charge in [-0.25, -0.2) is 0 Å². The van der Waals surface area contributed by atoms with Crippen LogP contribution in [0.15, 0.2) is 48.7 Å². The Morgan fingerprint density at radius 1 is 1.05 bits per heavy atom. The Kier molecular flexibility index (Phi) is 4.36. The number of likely N-dealkylation sites (N-methyl/N-ethyl adjacent to an activating group) is 1. The number of rotatable bonds is 5. The van der Waals surface area contributed by atoms with Gasteiger partial charge in [0, 0.05) is 46.0 Å². The van der Waals surface area contributed by atoms with Crippen LogP contribution < -0.4 is 15.1 Å². The largest absolute Gasteiger partial charge is 0.371 e. The molecule has 1 N–H and O–H groups in total. The van der Waals surface area contributed by atoms with Crippen molar-refractivity contribution in [1.29, 1.82) is 0 Å². The van der Waals surface area contributed by atoms with Crippen LogP contribution >= 0.6 is 0 Å². The maximum absolute atomic E-state index is 4.33. The molecule has 21 heavy (non-hydrogen) atoms. The summed E-state index contributed by atoms with van der Waals surface area (Å²) in [6, 6.07) is 14.7. The fourth-order valence-corrected chi connectivity index (χ4v) is 2.73. The maximum Gasteiger partial charge on any atom is 0.0605 e. The van der Waals surface area contributed by atoms with E-state index in [9.17, 15) is 0 Å². The van der Waals surface area contributed by atoms with Crippen molar-refractivity contribution < 1.29 is 0 Å². The summed E-state index contributed by atoms with van der Waals surface area (Å²) in [5.41, 5.74) is 3.76. The van der Waals surface area contributed by atoms with E-state index >= 15 is 0 Å². The Bertz CT molecular complexity index is 570. The van der Waals surface area contributed by atoms with Gasteiger partial charge in [-0.3, -0.25) is 4.98 Å². The number of hydrogen-bond acceptors (Lipinski definition) is 4. The van der Waals surface area contributed by atoms with Crippen molar-refractivity contribution in [2.75, 3.05) is 43.0 Å². The van der Waals surface area contributed by atoms with Gasteiger partial charge >= 0.3 is 0 Å². The van der Waals surface area contributed by atoms with Crippen LogP contribution in [0.3, 0.4) is 0 Å². The zero-order valence-electron chi connectivity index (χ0n) is 12.5. The van der Waals surface area contributed by atoms with Crippen molar-refractivity contribution in [3.05, 3.63) is 54.4 Å². The lowest BCUT2D eigenvalue weighted by Crippen LogP contribution is -2.42. The van der Waals surface area contributed by atoms with Crippen LogP contribution in [0.1, 0.15) is 5.69 Å². The summed E-state index contributed by atoms with van der Waals surface area (Å²) >= 11 is 0. The van der Waals surface area contributed by atoms with Crippen molar-refractivity contribution >= 4 is 11.4 Å².